The third-order valence-electron chi connectivity index (χ3n) is 8.81. The molecule has 0 bridgehead atoms. The molecule has 0 spiro atoms. The lowest BCUT2D eigenvalue weighted by Gasteiger charge is -2.60. The van der Waals surface area contributed by atoms with Crippen LogP contribution in [-0.2, 0) is 19.0 Å². The molecule has 10 atom stereocenters. The summed E-state index contributed by atoms with van der Waals surface area (Å²) in [6.07, 6.45) is 1.05. The van der Waals surface area contributed by atoms with E-state index in [1.807, 2.05) is 13.0 Å². The van der Waals surface area contributed by atoms with Gasteiger partial charge in [0.1, 0.15) is 31.0 Å². The van der Waals surface area contributed by atoms with E-state index in [2.05, 4.69) is 19.6 Å². The van der Waals surface area contributed by atoms with Crippen molar-refractivity contribution in [2.75, 3.05) is 19.8 Å². The second-order valence-electron chi connectivity index (χ2n) is 11.0. The molecule has 1 saturated heterocycles. The summed E-state index contributed by atoms with van der Waals surface area (Å²) in [5.74, 6) is -0.244. The van der Waals surface area contributed by atoms with Crippen LogP contribution >= 0.6 is 0 Å². The zero-order valence-electron chi connectivity index (χ0n) is 20.4. The molecule has 2 heterocycles. The van der Waals surface area contributed by atoms with Gasteiger partial charge < -0.3 is 39.7 Å². The van der Waals surface area contributed by atoms with Crippen molar-refractivity contribution in [1.82, 2.24) is 0 Å². The molecule has 9 nitrogen and oxygen atoms in total. The maximum atomic E-state index is 11.4. The van der Waals surface area contributed by atoms with Crippen LogP contribution in [0.2, 0.25) is 0 Å². The Kier molecular flexibility index (Phi) is 7.60. The molecule has 4 rings (SSSR count). The molecule has 35 heavy (non-hydrogen) atoms. The van der Waals surface area contributed by atoms with Crippen molar-refractivity contribution in [2.45, 2.75) is 76.3 Å². The minimum absolute atomic E-state index is 0.0388. The number of aliphatic hydroxyl groups is 5. The maximum Gasteiger partial charge on any atom is 0.331 e. The Hall–Kier alpha value is -1.59. The van der Waals surface area contributed by atoms with Crippen molar-refractivity contribution >= 4 is 5.97 Å². The summed E-state index contributed by atoms with van der Waals surface area (Å²) in [6.45, 7) is 8.31. The number of carbonyl (C=O) groups is 1. The minimum Gasteiger partial charge on any atom is -0.458 e. The van der Waals surface area contributed by atoms with Crippen LogP contribution in [0, 0.1) is 22.7 Å². The number of carbonyl (C=O) groups excluding carboxylic acids is 1. The van der Waals surface area contributed by atoms with E-state index in [9.17, 15) is 30.3 Å². The van der Waals surface area contributed by atoms with Gasteiger partial charge in [-0.3, -0.25) is 0 Å². The third kappa shape index (κ3) is 4.75. The largest absolute Gasteiger partial charge is 0.458 e. The molecule has 0 radical (unpaired) electrons. The quantitative estimate of drug-likeness (QED) is 0.264. The Labute approximate surface area is 205 Å². The van der Waals surface area contributed by atoms with Crippen LogP contribution in [0.4, 0.5) is 0 Å². The van der Waals surface area contributed by atoms with Crippen LogP contribution in [0.15, 0.2) is 36.0 Å². The first kappa shape index (κ1) is 26.5. The van der Waals surface area contributed by atoms with Gasteiger partial charge in [0, 0.05) is 17.4 Å². The van der Waals surface area contributed by atoms with Crippen LogP contribution in [0.1, 0.15) is 39.5 Å². The van der Waals surface area contributed by atoms with Crippen LogP contribution in [0.3, 0.4) is 0 Å². The lowest BCUT2D eigenvalue weighted by molar-refractivity contribution is -0.312. The Bertz CT molecular complexity index is 882. The molecule has 0 aromatic carbocycles. The van der Waals surface area contributed by atoms with Crippen molar-refractivity contribution in [3.63, 3.8) is 0 Å². The zero-order chi connectivity index (χ0) is 25.5. The summed E-state index contributed by atoms with van der Waals surface area (Å²) in [5.41, 5.74) is 1.03. The smallest absolute Gasteiger partial charge is 0.331 e. The standard InChI is InChI=1S/C26H38O9/c1-14-4-7-18-25(2,16(14)6-5-15-10-20(29)33-12-15)9-8-19(28)26(18,3)13-34-24-23(32)22(31)21(30)17(11-27)35-24/h5-6,10,16-19,21-24,27-28,30-32H,1,4,7-9,11-13H2,2-3H3. The van der Waals surface area contributed by atoms with Gasteiger partial charge in [-0.25, -0.2) is 4.79 Å². The average Bonchev–Trinajstić information content (AvgIpc) is 3.24. The lowest BCUT2D eigenvalue weighted by Crippen LogP contribution is -2.61. The predicted molar refractivity (Wildman–Crippen MR) is 125 cm³/mol. The summed E-state index contributed by atoms with van der Waals surface area (Å²) in [6, 6.07) is 0. The van der Waals surface area contributed by atoms with Gasteiger partial charge in [-0.1, -0.05) is 38.2 Å². The van der Waals surface area contributed by atoms with Gasteiger partial charge in [-0.05, 0) is 42.6 Å². The molecular weight excluding hydrogens is 456 g/mol. The van der Waals surface area contributed by atoms with Crippen molar-refractivity contribution in [2.24, 2.45) is 22.7 Å². The highest BCUT2D eigenvalue weighted by atomic mass is 16.7. The molecule has 5 N–H and O–H groups in total. The van der Waals surface area contributed by atoms with Crippen molar-refractivity contribution in [1.29, 1.82) is 0 Å². The highest BCUT2D eigenvalue weighted by Gasteiger charge is 2.58. The fraction of sp³-hybridized carbons (Fsp3) is 0.731. The first-order chi connectivity index (χ1) is 16.5. The average molecular weight is 495 g/mol. The second kappa shape index (κ2) is 10.0. The number of cyclic esters (lactones) is 1. The van der Waals surface area contributed by atoms with E-state index in [4.69, 9.17) is 14.2 Å². The van der Waals surface area contributed by atoms with Gasteiger partial charge in [0.05, 0.1) is 19.3 Å². The van der Waals surface area contributed by atoms with E-state index in [1.165, 1.54) is 6.08 Å². The van der Waals surface area contributed by atoms with E-state index >= 15 is 0 Å². The summed E-state index contributed by atoms with van der Waals surface area (Å²) in [7, 11) is 0. The molecule has 9 heteroatoms. The molecule has 0 amide bonds. The van der Waals surface area contributed by atoms with E-state index in [0.717, 1.165) is 30.4 Å². The predicted octanol–water partition coefficient (Wildman–Crippen LogP) is 0.592. The Morgan fingerprint density at radius 3 is 2.57 bits per heavy atom. The molecule has 10 unspecified atom stereocenters. The van der Waals surface area contributed by atoms with E-state index in [0.29, 0.717) is 6.42 Å². The number of hydrogen-bond acceptors (Lipinski definition) is 9. The molecule has 0 aromatic rings. The molecule has 4 aliphatic rings. The fourth-order valence-corrected chi connectivity index (χ4v) is 6.65. The summed E-state index contributed by atoms with van der Waals surface area (Å²) < 4.78 is 16.5. The molecule has 0 aromatic heterocycles. The van der Waals surface area contributed by atoms with Gasteiger partial charge in [0.15, 0.2) is 6.29 Å². The van der Waals surface area contributed by atoms with Gasteiger partial charge in [0.2, 0.25) is 0 Å². The monoisotopic (exact) mass is 494 g/mol. The van der Waals surface area contributed by atoms with Gasteiger partial charge in [-0.15, -0.1) is 0 Å². The molecule has 3 fully saturated rings. The van der Waals surface area contributed by atoms with Crippen molar-refractivity contribution < 1.29 is 44.5 Å². The van der Waals surface area contributed by atoms with Gasteiger partial charge in [-0.2, -0.15) is 0 Å². The third-order valence-corrected chi connectivity index (χ3v) is 8.81. The molecule has 2 aliphatic heterocycles. The Balaban J connectivity index is 1.54. The fourth-order valence-electron chi connectivity index (χ4n) is 6.65. The molecule has 2 aliphatic carbocycles. The van der Waals surface area contributed by atoms with Gasteiger partial charge >= 0.3 is 5.97 Å². The molecule has 196 valence electrons. The summed E-state index contributed by atoms with van der Waals surface area (Å²) in [5, 5.41) is 51.1. The van der Waals surface area contributed by atoms with E-state index in [1.54, 1.807) is 0 Å². The molecular formula is C26H38O9. The van der Waals surface area contributed by atoms with Crippen LogP contribution < -0.4 is 0 Å². The van der Waals surface area contributed by atoms with Crippen LogP contribution in [0.25, 0.3) is 0 Å². The van der Waals surface area contributed by atoms with Crippen LogP contribution in [0.5, 0.6) is 0 Å². The SMILES string of the molecule is C=C1CCC2C(C)(COC3OC(CO)C(O)C(O)C3O)C(O)CCC2(C)C1C=CC1=CC(=O)OC1. The van der Waals surface area contributed by atoms with E-state index in [-0.39, 0.29) is 36.4 Å². The number of hydrogen-bond donors (Lipinski definition) is 5. The first-order valence-corrected chi connectivity index (χ1v) is 12.3. The van der Waals surface area contributed by atoms with Gasteiger partial charge in [0.25, 0.3) is 0 Å². The number of ether oxygens (including phenoxy) is 3. The van der Waals surface area contributed by atoms with Crippen molar-refractivity contribution in [3.05, 3.63) is 36.0 Å². The summed E-state index contributed by atoms with van der Waals surface area (Å²) in [4.78, 5) is 11.4. The number of esters is 1. The normalized spacial score (nSPS) is 46.4. The lowest BCUT2D eigenvalue weighted by atomic mass is 9.46. The Morgan fingerprint density at radius 2 is 1.91 bits per heavy atom. The number of allylic oxidation sites excluding steroid dienone is 2. The number of fused-ring (bicyclic) bond motifs is 1. The topological polar surface area (TPSA) is 146 Å². The Morgan fingerprint density at radius 1 is 1.17 bits per heavy atom. The maximum absolute atomic E-state index is 11.4. The van der Waals surface area contributed by atoms with E-state index < -0.39 is 48.8 Å². The summed E-state index contributed by atoms with van der Waals surface area (Å²) >= 11 is 0. The number of aliphatic hydroxyl groups excluding tert-OH is 5. The van der Waals surface area contributed by atoms with Crippen molar-refractivity contribution in [3.8, 4) is 0 Å². The minimum atomic E-state index is -1.52. The highest BCUT2D eigenvalue weighted by molar-refractivity contribution is 5.85. The second-order valence-corrected chi connectivity index (χ2v) is 11.0. The number of rotatable bonds is 6. The van der Waals surface area contributed by atoms with Crippen LogP contribution in [-0.4, -0.2) is 88.1 Å². The zero-order valence-corrected chi connectivity index (χ0v) is 20.4. The first-order valence-electron chi connectivity index (χ1n) is 12.3. The molecule has 2 saturated carbocycles. The highest BCUT2D eigenvalue weighted by Crippen LogP contribution is 2.61.